The number of hydrogen-bond donors (Lipinski definition) is 2. The van der Waals surface area contributed by atoms with Crippen molar-refractivity contribution in [3.8, 4) is 0 Å². The number of nitrogens with two attached hydrogens (primary N) is 1. The number of hydrogen-bond acceptors (Lipinski definition) is 4. The zero-order valence-corrected chi connectivity index (χ0v) is 13.7. The monoisotopic (exact) mass is 333 g/mol. The Morgan fingerprint density at radius 2 is 1.88 bits per heavy atom. The molecule has 0 bridgehead atoms. The summed E-state index contributed by atoms with van der Waals surface area (Å²) in [6.07, 6.45) is 1.45. The molecule has 1 fully saturated rings. The third-order valence-corrected chi connectivity index (χ3v) is 4.25. The number of nitrogens with one attached hydrogen (secondary N) is 1. The van der Waals surface area contributed by atoms with E-state index in [0.717, 1.165) is 5.56 Å². The van der Waals surface area contributed by atoms with E-state index in [-0.39, 0.29) is 17.9 Å². The average molecular weight is 333 g/mol. The number of carbonyl (C=O) groups excluding carboxylic acids is 3. The molecule has 1 saturated heterocycles. The quantitative estimate of drug-likeness (QED) is 0.774. The van der Waals surface area contributed by atoms with Gasteiger partial charge in [0.05, 0.1) is 7.11 Å². The molecule has 0 aromatic heterocycles. The molecule has 1 aromatic rings. The second-order valence-electron chi connectivity index (χ2n) is 5.88. The topological polar surface area (TPSA) is 102 Å². The van der Waals surface area contributed by atoms with Gasteiger partial charge in [0.15, 0.2) is 0 Å². The molecule has 24 heavy (non-hydrogen) atoms. The van der Waals surface area contributed by atoms with Crippen molar-refractivity contribution in [1.29, 1.82) is 0 Å². The van der Waals surface area contributed by atoms with Crippen molar-refractivity contribution < 1.29 is 19.1 Å². The maximum atomic E-state index is 12.4. The van der Waals surface area contributed by atoms with Crippen molar-refractivity contribution in [1.82, 2.24) is 10.2 Å². The van der Waals surface area contributed by atoms with Crippen LogP contribution >= 0.6 is 0 Å². The number of methoxy groups -OCH3 is 1. The van der Waals surface area contributed by atoms with Crippen molar-refractivity contribution in [3.05, 3.63) is 35.9 Å². The predicted octanol–water partition coefficient (Wildman–Crippen LogP) is 0.678. The minimum absolute atomic E-state index is 0.185. The van der Waals surface area contributed by atoms with Crippen LogP contribution in [0.1, 0.15) is 18.4 Å². The van der Waals surface area contributed by atoms with Crippen LogP contribution in [0.4, 0.5) is 4.79 Å². The van der Waals surface area contributed by atoms with Crippen LogP contribution in [-0.2, 0) is 20.7 Å². The first-order valence-electron chi connectivity index (χ1n) is 7.97. The van der Waals surface area contributed by atoms with E-state index in [4.69, 9.17) is 10.5 Å². The highest BCUT2D eigenvalue weighted by atomic mass is 16.5. The van der Waals surface area contributed by atoms with Gasteiger partial charge < -0.3 is 20.7 Å². The first-order chi connectivity index (χ1) is 11.5. The van der Waals surface area contributed by atoms with Gasteiger partial charge in [0.25, 0.3) is 0 Å². The Hall–Kier alpha value is -2.57. The van der Waals surface area contributed by atoms with Gasteiger partial charge in [-0.05, 0) is 18.4 Å². The van der Waals surface area contributed by atoms with Gasteiger partial charge >= 0.3 is 12.0 Å². The number of urea groups is 1. The fourth-order valence-electron chi connectivity index (χ4n) is 2.79. The minimum Gasteiger partial charge on any atom is -0.467 e. The molecular formula is C17H23N3O4. The molecule has 1 heterocycles. The number of carbonyl (C=O) groups is 3. The lowest BCUT2D eigenvalue weighted by molar-refractivity contribution is -0.142. The molecule has 130 valence electrons. The smallest absolute Gasteiger partial charge is 0.328 e. The molecule has 1 aliphatic rings. The van der Waals surface area contributed by atoms with Gasteiger partial charge in [-0.1, -0.05) is 30.3 Å². The standard InChI is InChI=1S/C17H23N3O4/c1-24-16(22)14(11-12-5-3-2-4-6-12)19-17(23)20-9-7-13(8-10-20)15(18)21/h2-6,13-14H,7-11H2,1H3,(H2,18,21)(H,19,23)/t14-/m1/s1. The first kappa shape index (κ1) is 17.8. The summed E-state index contributed by atoms with van der Waals surface area (Å²) >= 11 is 0. The summed E-state index contributed by atoms with van der Waals surface area (Å²) in [6, 6.07) is 8.34. The van der Waals surface area contributed by atoms with Crippen LogP contribution in [-0.4, -0.2) is 49.0 Å². The number of rotatable bonds is 5. The fourth-order valence-corrected chi connectivity index (χ4v) is 2.79. The summed E-state index contributed by atoms with van der Waals surface area (Å²) in [5, 5.41) is 2.73. The molecule has 3 N–H and O–H groups in total. The number of primary amides is 1. The molecule has 2 rings (SSSR count). The predicted molar refractivity (Wildman–Crippen MR) is 88.0 cm³/mol. The summed E-state index contributed by atoms with van der Waals surface area (Å²) in [6.45, 7) is 0.886. The van der Waals surface area contributed by atoms with E-state index in [2.05, 4.69) is 5.32 Å². The zero-order valence-electron chi connectivity index (χ0n) is 13.7. The van der Waals surface area contributed by atoms with Gasteiger partial charge in [-0.15, -0.1) is 0 Å². The third kappa shape index (κ3) is 4.71. The molecule has 3 amide bonds. The Labute approximate surface area is 141 Å². The van der Waals surface area contributed by atoms with Crippen molar-refractivity contribution in [3.63, 3.8) is 0 Å². The van der Waals surface area contributed by atoms with Gasteiger partial charge in [-0.2, -0.15) is 0 Å². The number of ether oxygens (including phenoxy) is 1. The van der Waals surface area contributed by atoms with Crippen LogP contribution < -0.4 is 11.1 Å². The normalized spacial score (nSPS) is 16.3. The summed E-state index contributed by atoms with van der Waals surface area (Å²) < 4.78 is 4.79. The summed E-state index contributed by atoms with van der Waals surface area (Å²) in [4.78, 5) is 37.1. The van der Waals surface area contributed by atoms with Crippen molar-refractivity contribution in [2.45, 2.75) is 25.3 Å². The van der Waals surface area contributed by atoms with Crippen molar-refractivity contribution in [2.24, 2.45) is 11.7 Å². The second-order valence-corrected chi connectivity index (χ2v) is 5.88. The molecule has 0 radical (unpaired) electrons. The molecule has 7 heteroatoms. The largest absolute Gasteiger partial charge is 0.467 e. The highest BCUT2D eigenvalue weighted by molar-refractivity contribution is 5.84. The van der Waals surface area contributed by atoms with E-state index in [1.54, 1.807) is 4.90 Å². The zero-order chi connectivity index (χ0) is 17.5. The first-order valence-corrected chi connectivity index (χ1v) is 7.97. The van der Waals surface area contributed by atoms with E-state index in [1.807, 2.05) is 30.3 Å². The molecule has 7 nitrogen and oxygen atoms in total. The van der Waals surface area contributed by atoms with Gasteiger partial charge in [0.1, 0.15) is 6.04 Å². The summed E-state index contributed by atoms with van der Waals surface area (Å²) in [7, 11) is 1.30. The van der Waals surface area contributed by atoms with Crippen molar-refractivity contribution >= 4 is 17.9 Å². The maximum Gasteiger partial charge on any atom is 0.328 e. The lowest BCUT2D eigenvalue weighted by Gasteiger charge is -2.31. The van der Waals surface area contributed by atoms with E-state index in [0.29, 0.717) is 32.4 Å². The van der Waals surface area contributed by atoms with E-state index < -0.39 is 12.0 Å². The number of nitrogens with zero attached hydrogens (tertiary/aromatic N) is 1. The summed E-state index contributed by atoms with van der Waals surface area (Å²) in [5.41, 5.74) is 6.23. The Kier molecular flexibility index (Phi) is 6.17. The highest BCUT2D eigenvalue weighted by Gasteiger charge is 2.29. The van der Waals surface area contributed by atoms with E-state index >= 15 is 0 Å². The average Bonchev–Trinajstić information content (AvgIpc) is 2.61. The van der Waals surface area contributed by atoms with Gasteiger partial charge in [-0.3, -0.25) is 4.79 Å². The number of likely N-dealkylation sites (tertiary alicyclic amines) is 1. The molecule has 0 spiro atoms. The van der Waals surface area contributed by atoms with Gasteiger partial charge in [-0.25, -0.2) is 9.59 Å². The molecule has 0 unspecified atom stereocenters. The second kappa shape index (κ2) is 8.33. The van der Waals surface area contributed by atoms with Crippen LogP contribution in [0.25, 0.3) is 0 Å². The van der Waals surface area contributed by atoms with Crippen LogP contribution in [0.5, 0.6) is 0 Å². The van der Waals surface area contributed by atoms with Crippen LogP contribution in [0.15, 0.2) is 30.3 Å². The molecule has 0 aliphatic carbocycles. The number of amides is 3. The molecular weight excluding hydrogens is 310 g/mol. The maximum absolute atomic E-state index is 12.4. The van der Waals surface area contributed by atoms with Crippen LogP contribution in [0.3, 0.4) is 0 Å². The molecule has 1 aromatic carbocycles. The molecule has 1 atom stereocenters. The number of esters is 1. The lowest BCUT2D eigenvalue weighted by Crippen LogP contribution is -2.51. The Morgan fingerprint density at radius 1 is 1.25 bits per heavy atom. The fraction of sp³-hybridized carbons (Fsp3) is 0.471. The van der Waals surface area contributed by atoms with Crippen molar-refractivity contribution in [2.75, 3.05) is 20.2 Å². The third-order valence-electron chi connectivity index (χ3n) is 4.25. The lowest BCUT2D eigenvalue weighted by atomic mass is 9.96. The number of benzene rings is 1. The number of piperidine rings is 1. The molecule has 0 saturated carbocycles. The van der Waals surface area contributed by atoms with Gasteiger partial charge in [0.2, 0.25) is 5.91 Å². The van der Waals surface area contributed by atoms with Crippen LogP contribution in [0.2, 0.25) is 0 Å². The SMILES string of the molecule is COC(=O)[C@@H](Cc1ccccc1)NC(=O)N1CCC(C(N)=O)CC1. The van der Waals surface area contributed by atoms with Crippen LogP contribution in [0, 0.1) is 5.92 Å². The van der Waals surface area contributed by atoms with Gasteiger partial charge in [0, 0.05) is 25.4 Å². The minimum atomic E-state index is -0.751. The Morgan fingerprint density at radius 3 is 2.42 bits per heavy atom. The van der Waals surface area contributed by atoms with E-state index in [9.17, 15) is 14.4 Å². The summed E-state index contributed by atoms with van der Waals surface area (Å²) in [5.74, 6) is -0.999. The highest BCUT2D eigenvalue weighted by Crippen LogP contribution is 2.17. The Bertz CT molecular complexity index is 583. The Balaban J connectivity index is 1.95. The molecule has 1 aliphatic heterocycles. The van der Waals surface area contributed by atoms with E-state index in [1.165, 1.54) is 7.11 Å².